The molecule has 2 heterocycles. The summed E-state index contributed by atoms with van der Waals surface area (Å²) in [6, 6.07) is 11.3. The van der Waals surface area contributed by atoms with Crippen LogP contribution in [-0.2, 0) is 9.47 Å². The van der Waals surface area contributed by atoms with Crippen molar-refractivity contribution in [3.05, 3.63) is 23.8 Å². The zero-order valence-electron chi connectivity index (χ0n) is 16.2. The van der Waals surface area contributed by atoms with Gasteiger partial charge in [0.15, 0.2) is 5.41 Å². The number of methoxy groups -OCH3 is 2. The minimum Gasteiger partial charge on any atom is -0.497 e. The van der Waals surface area contributed by atoms with Crippen LogP contribution in [0.4, 0.5) is 0 Å². The monoisotopic (exact) mass is 392 g/mol. The van der Waals surface area contributed by atoms with Crippen LogP contribution in [-0.4, -0.2) is 25.9 Å². The number of nitrogens with zero attached hydrogens (tertiary/aromatic N) is 3. The molecule has 1 saturated carbocycles. The first-order valence-electron chi connectivity index (χ1n) is 9.39. The van der Waals surface area contributed by atoms with Gasteiger partial charge in [-0.05, 0) is 30.5 Å². The van der Waals surface area contributed by atoms with Crippen LogP contribution in [0.5, 0.6) is 11.5 Å². The molecule has 2 aliphatic heterocycles. The largest absolute Gasteiger partial charge is 0.497 e. The molecule has 8 heteroatoms. The minimum absolute atomic E-state index is 0.354. The summed E-state index contributed by atoms with van der Waals surface area (Å²) in [7, 11) is 2.99. The van der Waals surface area contributed by atoms with E-state index in [0.717, 1.165) is 12.8 Å². The Balaban J connectivity index is 2.00. The van der Waals surface area contributed by atoms with Crippen LogP contribution in [0.2, 0.25) is 0 Å². The summed E-state index contributed by atoms with van der Waals surface area (Å²) < 4.78 is 22.9. The third kappa shape index (κ3) is 2.17. The lowest BCUT2D eigenvalue weighted by atomic mass is 9.51. The maximum atomic E-state index is 10.3. The second kappa shape index (κ2) is 6.37. The molecule has 4 unspecified atom stereocenters. The van der Waals surface area contributed by atoms with Gasteiger partial charge in [-0.25, -0.2) is 0 Å². The highest BCUT2D eigenvalue weighted by Gasteiger charge is 2.80. The number of benzene rings is 1. The lowest BCUT2D eigenvalue weighted by molar-refractivity contribution is -0.294. The molecular formula is C21H20N4O4. The zero-order chi connectivity index (χ0) is 20.9. The molecule has 148 valence electrons. The van der Waals surface area contributed by atoms with Gasteiger partial charge < -0.3 is 18.9 Å². The summed E-state index contributed by atoms with van der Waals surface area (Å²) in [4.78, 5) is 0. The van der Waals surface area contributed by atoms with E-state index in [1.54, 1.807) is 18.2 Å². The fourth-order valence-electron chi connectivity index (χ4n) is 5.14. The fraction of sp³-hybridized carbons (Fsp3) is 0.524. The Morgan fingerprint density at radius 2 is 1.69 bits per heavy atom. The molecule has 2 bridgehead atoms. The normalized spacial score (nSPS) is 34.0. The average molecular weight is 392 g/mol. The number of rotatable bonds is 3. The third-order valence-corrected chi connectivity index (χ3v) is 6.49. The van der Waals surface area contributed by atoms with Crippen LogP contribution < -0.4 is 9.47 Å². The fourth-order valence-corrected chi connectivity index (χ4v) is 5.14. The van der Waals surface area contributed by atoms with Crippen molar-refractivity contribution >= 4 is 5.90 Å². The van der Waals surface area contributed by atoms with E-state index in [-0.39, 0.29) is 5.90 Å². The van der Waals surface area contributed by atoms with Crippen molar-refractivity contribution in [2.75, 3.05) is 14.2 Å². The Labute approximate surface area is 168 Å². The van der Waals surface area contributed by atoms with Gasteiger partial charge in [0.25, 0.3) is 0 Å². The number of hydrogen-bond donors (Lipinski definition) is 1. The summed E-state index contributed by atoms with van der Waals surface area (Å²) in [5, 5.41) is 39.2. The molecule has 1 N–H and O–H groups in total. The van der Waals surface area contributed by atoms with Crippen molar-refractivity contribution in [1.82, 2.24) is 0 Å². The molecule has 1 aromatic rings. The second-order valence-electron chi connectivity index (χ2n) is 7.64. The van der Waals surface area contributed by atoms with Crippen LogP contribution >= 0.6 is 0 Å². The van der Waals surface area contributed by atoms with E-state index >= 15 is 0 Å². The molecule has 0 spiro atoms. The first-order valence-corrected chi connectivity index (χ1v) is 9.39. The van der Waals surface area contributed by atoms with Crippen LogP contribution in [0.25, 0.3) is 0 Å². The van der Waals surface area contributed by atoms with Crippen LogP contribution in [0, 0.1) is 56.2 Å². The summed E-state index contributed by atoms with van der Waals surface area (Å²) in [6.07, 6.45) is 1.56. The van der Waals surface area contributed by atoms with Gasteiger partial charge in [-0.15, -0.1) is 0 Å². The van der Waals surface area contributed by atoms with Gasteiger partial charge >= 0.3 is 0 Å². The molecule has 4 rings (SSSR count). The molecular weight excluding hydrogens is 372 g/mol. The third-order valence-electron chi connectivity index (χ3n) is 6.49. The number of nitrogens with one attached hydrogen (secondary N) is 1. The second-order valence-corrected chi connectivity index (χ2v) is 7.64. The van der Waals surface area contributed by atoms with E-state index in [9.17, 15) is 15.8 Å². The Morgan fingerprint density at radius 1 is 1.03 bits per heavy atom. The van der Waals surface area contributed by atoms with Crippen molar-refractivity contribution in [2.45, 2.75) is 37.6 Å². The van der Waals surface area contributed by atoms with Crippen molar-refractivity contribution in [2.24, 2.45) is 16.7 Å². The van der Waals surface area contributed by atoms with Crippen LogP contribution in [0.3, 0.4) is 0 Å². The molecule has 4 atom stereocenters. The van der Waals surface area contributed by atoms with E-state index in [4.69, 9.17) is 24.4 Å². The lowest BCUT2D eigenvalue weighted by Gasteiger charge is -2.51. The lowest BCUT2D eigenvalue weighted by Crippen LogP contribution is -2.60. The highest BCUT2D eigenvalue weighted by Crippen LogP contribution is 2.69. The Hall–Kier alpha value is -3.28. The first-order chi connectivity index (χ1) is 14.0. The van der Waals surface area contributed by atoms with Gasteiger partial charge in [-0.1, -0.05) is 6.42 Å². The Morgan fingerprint density at radius 3 is 2.24 bits per heavy atom. The summed E-state index contributed by atoms with van der Waals surface area (Å²) in [5.74, 6) is -1.17. The average Bonchev–Trinajstić information content (AvgIpc) is 2.97. The smallest absolute Gasteiger partial charge is 0.217 e. The van der Waals surface area contributed by atoms with E-state index in [2.05, 4.69) is 18.2 Å². The molecule has 29 heavy (non-hydrogen) atoms. The highest BCUT2D eigenvalue weighted by atomic mass is 16.7. The van der Waals surface area contributed by atoms with E-state index in [0.29, 0.717) is 29.9 Å². The van der Waals surface area contributed by atoms with Crippen LogP contribution in [0.1, 0.15) is 37.4 Å². The molecule has 3 aliphatic rings. The molecule has 3 fully saturated rings. The minimum atomic E-state index is -1.96. The molecule has 1 aromatic carbocycles. The summed E-state index contributed by atoms with van der Waals surface area (Å²) in [5.41, 5.74) is -3.21. The van der Waals surface area contributed by atoms with Gasteiger partial charge in [-0.3, -0.25) is 5.41 Å². The Kier molecular flexibility index (Phi) is 4.19. The predicted molar refractivity (Wildman–Crippen MR) is 98.6 cm³/mol. The van der Waals surface area contributed by atoms with Gasteiger partial charge in [-0.2, -0.15) is 15.8 Å². The van der Waals surface area contributed by atoms with Gasteiger partial charge in [0.1, 0.15) is 17.6 Å². The topological polar surface area (TPSA) is 132 Å². The van der Waals surface area contributed by atoms with Gasteiger partial charge in [0, 0.05) is 12.5 Å². The summed E-state index contributed by atoms with van der Waals surface area (Å²) >= 11 is 0. The first kappa shape index (κ1) is 19.1. The van der Waals surface area contributed by atoms with Crippen molar-refractivity contribution in [1.29, 1.82) is 21.2 Å². The number of nitriles is 3. The van der Waals surface area contributed by atoms with Crippen molar-refractivity contribution in [3.8, 4) is 29.7 Å². The van der Waals surface area contributed by atoms with E-state index in [1.807, 2.05) is 0 Å². The van der Waals surface area contributed by atoms with Gasteiger partial charge in [0.05, 0.1) is 38.3 Å². The molecule has 2 saturated heterocycles. The SMILES string of the molecule is COc1cc(OC)cc(C2OC34CCCCC3C(C#N)(C(=N)O4)C2(C#N)C#N)c1. The zero-order valence-corrected chi connectivity index (χ0v) is 16.2. The Bertz CT molecular complexity index is 967. The van der Waals surface area contributed by atoms with E-state index < -0.39 is 28.6 Å². The maximum Gasteiger partial charge on any atom is 0.217 e. The molecule has 0 aromatic heterocycles. The van der Waals surface area contributed by atoms with E-state index in [1.165, 1.54) is 14.2 Å². The molecule has 0 amide bonds. The number of hydrogen-bond acceptors (Lipinski definition) is 8. The van der Waals surface area contributed by atoms with Crippen LogP contribution in [0.15, 0.2) is 18.2 Å². The molecule has 0 radical (unpaired) electrons. The predicted octanol–water partition coefficient (Wildman–Crippen LogP) is 3.21. The standard InChI is InChI=1S/C21H20N4O4/c1-26-14-7-13(8-15(9-14)27-2)17-19(10-22,11-23)20(12-24)16-5-3-4-6-21(16,28-17)29-18(20)25/h7-9,16-17,25H,3-6H2,1-2H3. The van der Waals surface area contributed by atoms with Crippen molar-refractivity contribution in [3.63, 3.8) is 0 Å². The molecule has 8 nitrogen and oxygen atoms in total. The maximum absolute atomic E-state index is 10.3. The quantitative estimate of drug-likeness (QED) is 0.835. The molecule has 1 aliphatic carbocycles. The summed E-state index contributed by atoms with van der Waals surface area (Å²) in [6.45, 7) is 0. The van der Waals surface area contributed by atoms with Gasteiger partial charge in [0.2, 0.25) is 17.1 Å². The highest BCUT2D eigenvalue weighted by molar-refractivity contribution is 5.89. The van der Waals surface area contributed by atoms with Crippen molar-refractivity contribution < 1.29 is 18.9 Å². The number of ether oxygens (including phenoxy) is 4.